The van der Waals surface area contributed by atoms with Crippen LogP contribution in [0.15, 0.2) is 65.6 Å². The van der Waals surface area contributed by atoms with Gasteiger partial charge in [0.25, 0.3) is 5.56 Å². The fraction of sp³-hybridized carbons (Fsp3) is 0.160. The standard InChI is InChI=1S/C25H23ClN4O3/c1-15-4-7-21(20(26)10-15)29-25(32)28-18-6-5-17(3)22(12-18)33-14-19-13-24(31)30-9-8-16(2)11-23(30)27-19/h4-13H,14H2,1-3H3,(H2,28,29,32). The van der Waals surface area contributed by atoms with Crippen molar-refractivity contribution in [3.63, 3.8) is 0 Å². The first kappa shape index (κ1) is 22.4. The number of halogens is 1. The van der Waals surface area contributed by atoms with Crippen LogP contribution >= 0.6 is 11.6 Å². The van der Waals surface area contributed by atoms with Gasteiger partial charge in [-0.1, -0.05) is 23.7 Å². The number of urea groups is 1. The van der Waals surface area contributed by atoms with Gasteiger partial charge in [0.05, 0.1) is 16.4 Å². The van der Waals surface area contributed by atoms with Gasteiger partial charge in [-0.2, -0.15) is 0 Å². The minimum Gasteiger partial charge on any atom is -0.487 e. The molecule has 33 heavy (non-hydrogen) atoms. The normalized spacial score (nSPS) is 10.8. The van der Waals surface area contributed by atoms with Crippen LogP contribution in [0.1, 0.15) is 22.4 Å². The number of aryl methyl sites for hydroxylation is 3. The molecule has 2 N–H and O–H groups in total. The van der Waals surface area contributed by atoms with Crippen LogP contribution < -0.4 is 20.9 Å². The largest absolute Gasteiger partial charge is 0.487 e. The number of amides is 2. The molecule has 2 aromatic carbocycles. The van der Waals surface area contributed by atoms with Gasteiger partial charge >= 0.3 is 6.03 Å². The number of carbonyl (C=O) groups excluding carboxylic acids is 1. The third-order valence-electron chi connectivity index (χ3n) is 5.07. The second kappa shape index (κ2) is 9.34. The van der Waals surface area contributed by atoms with Crippen LogP contribution in [0, 0.1) is 20.8 Å². The number of aromatic nitrogens is 2. The highest BCUT2D eigenvalue weighted by atomic mass is 35.5. The van der Waals surface area contributed by atoms with Crippen molar-refractivity contribution in [2.24, 2.45) is 0 Å². The van der Waals surface area contributed by atoms with Gasteiger partial charge in [0.15, 0.2) is 0 Å². The third-order valence-corrected chi connectivity index (χ3v) is 5.38. The Hall–Kier alpha value is -3.84. The van der Waals surface area contributed by atoms with Crippen LogP contribution in [0.2, 0.25) is 5.02 Å². The van der Waals surface area contributed by atoms with Crippen LogP contribution in [0.25, 0.3) is 5.65 Å². The van der Waals surface area contributed by atoms with E-state index in [1.54, 1.807) is 30.5 Å². The lowest BCUT2D eigenvalue weighted by Gasteiger charge is -2.13. The van der Waals surface area contributed by atoms with E-state index >= 15 is 0 Å². The van der Waals surface area contributed by atoms with E-state index in [1.165, 1.54) is 10.5 Å². The summed E-state index contributed by atoms with van der Waals surface area (Å²) in [4.78, 5) is 29.3. The second-order valence-electron chi connectivity index (χ2n) is 7.85. The molecule has 0 saturated heterocycles. The summed E-state index contributed by atoms with van der Waals surface area (Å²) < 4.78 is 7.42. The van der Waals surface area contributed by atoms with Crippen molar-refractivity contribution in [1.82, 2.24) is 9.38 Å². The smallest absolute Gasteiger partial charge is 0.323 e. The van der Waals surface area contributed by atoms with Crippen molar-refractivity contribution in [1.29, 1.82) is 0 Å². The number of rotatable bonds is 5. The van der Waals surface area contributed by atoms with E-state index in [0.717, 1.165) is 16.7 Å². The van der Waals surface area contributed by atoms with Crippen molar-refractivity contribution < 1.29 is 9.53 Å². The molecule has 7 nitrogen and oxygen atoms in total. The minimum absolute atomic E-state index is 0.120. The maximum atomic E-state index is 12.4. The summed E-state index contributed by atoms with van der Waals surface area (Å²) in [6.45, 7) is 5.89. The first-order valence-electron chi connectivity index (χ1n) is 10.3. The molecule has 0 aliphatic heterocycles. The summed E-state index contributed by atoms with van der Waals surface area (Å²) in [5, 5.41) is 5.98. The van der Waals surface area contributed by atoms with E-state index in [1.807, 2.05) is 45.0 Å². The minimum atomic E-state index is -0.421. The van der Waals surface area contributed by atoms with Gasteiger partial charge in [0.1, 0.15) is 18.0 Å². The number of hydrogen-bond acceptors (Lipinski definition) is 4. The van der Waals surface area contributed by atoms with Crippen molar-refractivity contribution in [2.45, 2.75) is 27.4 Å². The molecule has 0 atom stereocenters. The molecule has 0 unspecified atom stereocenters. The average Bonchev–Trinajstić information content (AvgIpc) is 2.76. The molecule has 0 aliphatic rings. The Morgan fingerprint density at radius 1 is 1.00 bits per heavy atom. The summed E-state index contributed by atoms with van der Waals surface area (Å²) in [6.07, 6.45) is 1.71. The molecule has 0 radical (unpaired) electrons. The lowest BCUT2D eigenvalue weighted by atomic mass is 10.2. The topological polar surface area (TPSA) is 84.7 Å². The highest BCUT2D eigenvalue weighted by Gasteiger charge is 2.10. The molecule has 0 saturated carbocycles. The maximum Gasteiger partial charge on any atom is 0.323 e. The summed E-state index contributed by atoms with van der Waals surface area (Å²) in [5.41, 5.74) is 4.90. The van der Waals surface area contributed by atoms with Gasteiger partial charge in [-0.25, -0.2) is 9.78 Å². The zero-order chi connectivity index (χ0) is 23.5. The summed E-state index contributed by atoms with van der Waals surface area (Å²) >= 11 is 6.19. The molecule has 168 valence electrons. The van der Waals surface area contributed by atoms with Crippen molar-refractivity contribution >= 4 is 34.7 Å². The zero-order valence-corrected chi connectivity index (χ0v) is 19.2. The Kier molecular flexibility index (Phi) is 6.33. The number of pyridine rings is 1. The predicted molar refractivity (Wildman–Crippen MR) is 131 cm³/mol. The molecule has 8 heteroatoms. The molecule has 2 heterocycles. The molecule has 2 amide bonds. The number of hydrogen-bond donors (Lipinski definition) is 2. The SMILES string of the molecule is Cc1ccc(NC(=O)Nc2ccc(C)c(OCc3cc(=O)n4ccc(C)cc4n3)c2)c(Cl)c1. The van der Waals surface area contributed by atoms with E-state index in [9.17, 15) is 9.59 Å². The van der Waals surface area contributed by atoms with Crippen molar-refractivity contribution in [3.8, 4) is 5.75 Å². The lowest BCUT2D eigenvalue weighted by Crippen LogP contribution is -2.19. The Labute approximate surface area is 196 Å². The number of benzene rings is 2. The number of ether oxygens (including phenoxy) is 1. The fourth-order valence-electron chi connectivity index (χ4n) is 3.32. The zero-order valence-electron chi connectivity index (χ0n) is 18.5. The average molecular weight is 463 g/mol. The van der Waals surface area contributed by atoms with Crippen molar-refractivity contribution in [3.05, 3.63) is 98.6 Å². The van der Waals surface area contributed by atoms with Crippen LogP contribution in [-0.4, -0.2) is 15.4 Å². The van der Waals surface area contributed by atoms with Gasteiger partial charge in [-0.3, -0.25) is 9.20 Å². The molecular formula is C25H23ClN4O3. The van der Waals surface area contributed by atoms with E-state index in [2.05, 4.69) is 15.6 Å². The van der Waals surface area contributed by atoms with Gasteiger partial charge in [0, 0.05) is 24.0 Å². The van der Waals surface area contributed by atoms with Gasteiger partial charge in [-0.05, 0) is 67.8 Å². The number of nitrogens with zero attached hydrogens (tertiary/aromatic N) is 2. The fourth-order valence-corrected chi connectivity index (χ4v) is 3.60. The maximum absolute atomic E-state index is 12.4. The van der Waals surface area contributed by atoms with Crippen molar-refractivity contribution in [2.75, 3.05) is 10.6 Å². The molecule has 2 aromatic heterocycles. The Bertz CT molecular complexity index is 1410. The molecule has 0 aliphatic carbocycles. The lowest BCUT2D eigenvalue weighted by molar-refractivity contribution is 0.262. The number of fused-ring (bicyclic) bond motifs is 1. The Balaban J connectivity index is 1.47. The van der Waals surface area contributed by atoms with E-state index in [-0.39, 0.29) is 12.2 Å². The highest BCUT2D eigenvalue weighted by molar-refractivity contribution is 6.33. The third kappa shape index (κ3) is 5.32. The van der Waals surface area contributed by atoms with E-state index in [4.69, 9.17) is 16.3 Å². The first-order valence-corrected chi connectivity index (χ1v) is 10.7. The molecule has 4 aromatic rings. The van der Waals surface area contributed by atoms with E-state index < -0.39 is 6.03 Å². The second-order valence-corrected chi connectivity index (χ2v) is 8.26. The summed E-state index contributed by atoms with van der Waals surface area (Å²) in [6, 6.07) is 15.5. The Morgan fingerprint density at radius 3 is 2.58 bits per heavy atom. The monoisotopic (exact) mass is 462 g/mol. The molecule has 4 rings (SSSR count). The molecule has 0 spiro atoms. The number of carbonyl (C=O) groups is 1. The highest BCUT2D eigenvalue weighted by Crippen LogP contribution is 2.25. The van der Waals surface area contributed by atoms with Gasteiger partial charge in [-0.15, -0.1) is 0 Å². The van der Waals surface area contributed by atoms with Crippen LogP contribution in [0.4, 0.5) is 16.2 Å². The van der Waals surface area contributed by atoms with Crippen LogP contribution in [-0.2, 0) is 6.61 Å². The van der Waals surface area contributed by atoms with Gasteiger partial charge in [0.2, 0.25) is 0 Å². The summed E-state index contributed by atoms with van der Waals surface area (Å²) in [7, 11) is 0. The molecule has 0 bridgehead atoms. The predicted octanol–water partition coefficient (Wildman–Crippen LogP) is 5.50. The molecule has 0 fully saturated rings. The molecular weight excluding hydrogens is 440 g/mol. The van der Waals surface area contributed by atoms with E-state index in [0.29, 0.717) is 33.5 Å². The van der Waals surface area contributed by atoms with Crippen LogP contribution in [0.5, 0.6) is 5.75 Å². The van der Waals surface area contributed by atoms with Crippen LogP contribution in [0.3, 0.4) is 0 Å². The quantitative estimate of drug-likeness (QED) is 0.410. The Morgan fingerprint density at radius 2 is 1.79 bits per heavy atom. The summed E-state index contributed by atoms with van der Waals surface area (Å²) in [5.74, 6) is 0.576. The first-order chi connectivity index (χ1) is 15.8. The number of nitrogens with one attached hydrogen (secondary N) is 2. The van der Waals surface area contributed by atoms with Gasteiger partial charge < -0.3 is 15.4 Å². The number of anilines is 2.